The van der Waals surface area contributed by atoms with Crippen LogP contribution in [0.3, 0.4) is 0 Å². The van der Waals surface area contributed by atoms with E-state index in [1.807, 2.05) is 0 Å². The van der Waals surface area contributed by atoms with Crippen LogP contribution in [0, 0.1) is 5.82 Å². The maximum atomic E-state index is 13.1. The zero-order valence-electron chi connectivity index (χ0n) is 17.3. The number of nitrogens with one attached hydrogen (secondary N) is 3. The van der Waals surface area contributed by atoms with Crippen molar-refractivity contribution >= 4 is 38.2 Å². The lowest BCUT2D eigenvalue weighted by atomic mass is 10.1. The highest BCUT2D eigenvalue weighted by atomic mass is 32.2. The largest absolute Gasteiger partial charge is 0.495 e. The molecule has 4 rings (SSSR count). The molecule has 33 heavy (non-hydrogen) atoms. The lowest BCUT2D eigenvalue weighted by Gasteiger charge is -2.14. The molecule has 10 heteroatoms. The average Bonchev–Trinajstić information content (AvgIpc) is 2.79. The molecular weight excluding hydrogens is 449 g/mol. The molecule has 0 atom stereocenters. The van der Waals surface area contributed by atoms with E-state index in [2.05, 4.69) is 15.0 Å². The van der Waals surface area contributed by atoms with Gasteiger partial charge in [0, 0.05) is 11.2 Å². The number of fused-ring (bicyclic) bond motifs is 1. The zero-order chi connectivity index (χ0) is 23.6. The molecule has 8 nitrogen and oxygen atoms in total. The first-order valence-electron chi connectivity index (χ1n) is 9.67. The quantitative estimate of drug-likeness (QED) is 0.399. The van der Waals surface area contributed by atoms with Crippen LogP contribution >= 0.6 is 0 Å². The molecule has 0 aliphatic heterocycles. The number of pyridine rings is 1. The van der Waals surface area contributed by atoms with Gasteiger partial charge in [0.25, 0.3) is 21.5 Å². The second kappa shape index (κ2) is 8.75. The van der Waals surface area contributed by atoms with Gasteiger partial charge in [0.15, 0.2) is 0 Å². The van der Waals surface area contributed by atoms with Crippen LogP contribution in [0.25, 0.3) is 10.9 Å². The van der Waals surface area contributed by atoms with E-state index in [-0.39, 0.29) is 27.6 Å². The number of methoxy groups -OCH3 is 1. The molecule has 1 heterocycles. The van der Waals surface area contributed by atoms with Gasteiger partial charge in [0.05, 0.1) is 17.7 Å². The van der Waals surface area contributed by atoms with Crippen molar-refractivity contribution in [1.29, 1.82) is 0 Å². The Kier molecular flexibility index (Phi) is 5.84. The van der Waals surface area contributed by atoms with Gasteiger partial charge < -0.3 is 15.0 Å². The van der Waals surface area contributed by atoms with Crippen LogP contribution in [0.5, 0.6) is 5.75 Å². The molecule has 0 fully saturated rings. The summed E-state index contributed by atoms with van der Waals surface area (Å²) in [6.45, 7) is 0. The smallest absolute Gasteiger partial charge is 0.262 e. The highest BCUT2D eigenvalue weighted by molar-refractivity contribution is 7.92. The topological polar surface area (TPSA) is 117 Å². The fourth-order valence-electron chi connectivity index (χ4n) is 3.20. The molecule has 0 spiro atoms. The van der Waals surface area contributed by atoms with Gasteiger partial charge in [-0.05, 0) is 60.0 Å². The Bertz CT molecular complexity index is 1520. The van der Waals surface area contributed by atoms with E-state index < -0.39 is 27.3 Å². The van der Waals surface area contributed by atoms with Crippen LogP contribution in [0.2, 0.25) is 0 Å². The minimum Gasteiger partial charge on any atom is -0.495 e. The summed E-state index contributed by atoms with van der Waals surface area (Å²) in [7, 11) is -2.70. The van der Waals surface area contributed by atoms with E-state index in [1.54, 1.807) is 24.3 Å². The third-order valence-electron chi connectivity index (χ3n) is 4.82. The van der Waals surface area contributed by atoms with Crippen molar-refractivity contribution < 1.29 is 22.3 Å². The molecule has 1 amide bonds. The van der Waals surface area contributed by atoms with Gasteiger partial charge >= 0.3 is 0 Å². The van der Waals surface area contributed by atoms with Crippen LogP contribution in [0.1, 0.15) is 10.4 Å². The molecule has 0 aliphatic rings. The molecule has 0 radical (unpaired) electrons. The molecule has 1 aromatic heterocycles. The van der Waals surface area contributed by atoms with Gasteiger partial charge in [0.2, 0.25) is 0 Å². The summed E-state index contributed by atoms with van der Waals surface area (Å²) >= 11 is 0. The second-order valence-corrected chi connectivity index (χ2v) is 8.71. The monoisotopic (exact) mass is 467 g/mol. The number of hydrogen-bond donors (Lipinski definition) is 3. The van der Waals surface area contributed by atoms with E-state index >= 15 is 0 Å². The zero-order valence-corrected chi connectivity index (χ0v) is 18.1. The van der Waals surface area contributed by atoms with Crippen molar-refractivity contribution in [1.82, 2.24) is 4.98 Å². The summed E-state index contributed by atoms with van der Waals surface area (Å²) in [5.41, 5.74) is 0.216. The molecule has 3 N–H and O–H groups in total. The Morgan fingerprint density at radius 1 is 1.00 bits per heavy atom. The van der Waals surface area contributed by atoms with Crippen LogP contribution in [-0.4, -0.2) is 26.4 Å². The fourth-order valence-corrected chi connectivity index (χ4v) is 4.26. The minimum absolute atomic E-state index is 0.0482. The molecule has 0 saturated heterocycles. The number of amides is 1. The van der Waals surface area contributed by atoms with Crippen molar-refractivity contribution in [3.8, 4) is 5.75 Å². The Balaban J connectivity index is 1.63. The number of rotatable bonds is 6. The number of aromatic amines is 1. The fraction of sp³-hybridized carbons (Fsp3) is 0.0435. The third kappa shape index (κ3) is 4.70. The van der Waals surface area contributed by atoms with Crippen molar-refractivity contribution in [2.24, 2.45) is 0 Å². The second-order valence-electron chi connectivity index (χ2n) is 7.03. The molecular formula is C23H18FN3O5S. The molecule has 0 unspecified atom stereocenters. The number of hydrogen-bond acceptors (Lipinski definition) is 5. The number of ether oxygens (including phenoxy) is 1. The Morgan fingerprint density at radius 3 is 2.45 bits per heavy atom. The molecule has 4 aromatic rings. The lowest BCUT2D eigenvalue weighted by Crippen LogP contribution is -2.23. The van der Waals surface area contributed by atoms with Gasteiger partial charge in [0.1, 0.15) is 17.1 Å². The van der Waals surface area contributed by atoms with E-state index in [9.17, 15) is 22.4 Å². The molecule has 3 aromatic carbocycles. The number of aromatic nitrogens is 1. The van der Waals surface area contributed by atoms with Crippen molar-refractivity contribution in [2.75, 3.05) is 17.1 Å². The average molecular weight is 467 g/mol. The number of halogens is 1. The van der Waals surface area contributed by atoms with Crippen LogP contribution < -0.4 is 20.3 Å². The number of carbonyl (C=O) groups excluding carboxylic acids is 1. The Morgan fingerprint density at radius 2 is 1.73 bits per heavy atom. The van der Waals surface area contributed by atoms with Crippen molar-refractivity contribution in [3.05, 3.63) is 94.5 Å². The van der Waals surface area contributed by atoms with Crippen LogP contribution in [0.4, 0.5) is 15.8 Å². The third-order valence-corrected chi connectivity index (χ3v) is 6.21. The highest BCUT2D eigenvalue weighted by Gasteiger charge is 2.18. The van der Waals surface area contributed by atoms with Gasteiger partial charge in [-0.3, -0.25) is 14.3 Å². The Hall–Kier alpha value is -4.18. The standard InChI is InChI=1S/C23H18FN3O5S/c1-32-21-11-8-16(13-20(21)27-33(30,31)17-9-6-15(24)7-10-17)25-22(28)18-12-14-4-2-3-5-19(14)26-23(18)29/h2-13,27H,1H3,(H,25,28)(H,26,29). The highest BCUT2D eigenvalue weighted by Crippen LogP contribution is 2.30. The van der Waals surface area contributed by atoms with Crippen molar-refractivity contribution in [3.63, 3.8) is 0 Å². The Labute approximate surface area is 188 Å². The van der Waals surface area contributed by atoms with Crippen molar-refractivity contribution in [2.45, 2.75) is 4.90 Å². The summed E-state index contributed by atoms with van der Waals surface area (Å²) in [6.07, 6.45) is 0. The van der Waals surface area contributed by atoms with Gasteiger partial charge in [-0.1, -0.05) is 18.2 Å². The van der Waals surface area contributed by atoms with Crippen LogP contribution in [-0.2, 0) is 10.0 Å². The molecule has 0 saturated carbocycles. The van der Waals surface area contributed by atoms with Gasteiger partial charge in [-0.2, -0.15) is 0 Å². The van der Waals surface area contributed by atoms with E-state index in [1.165, 1.54) is 31.4 Å². The number of para-hydroxylation sites is 1. The first-order valence-corrected chi connectivity index (χ1v) is 11.1. The van der Waals surface area contributed by atoms with E-state index in [0.29, 0.717) is 10.9 Å². The summed E-state index contributed by atoms with van der Waals surface area (Å²) in [6, 6.07) is 17.1. The number of sulfonamides is 1. The predicted molar refractivity (Wildman–Crippen MR) is 123 cm³/mol. The summed E-state index contributed by atoms with van der Waals surface area (Å²) in [5, 5.41) is 3.27. The maximum Gasteiger partial charge on any atom is 0.262 e. The number of carbonyl (C=O) groups is 1. The van der Waals surface area contributed by atoms with Gasteiger partial charge in [-0.15, -0.1) is 0 Å². The molecule has 168 valence electrons. The van der Waals surface area contributed by atoms with Crippen LogP contribution in [0.15, 0.2) is 82.5 Å². The van der Waals surface area contributed by atoms with E-state index in [0.717, 1.165) is 24.3 Å². The number of anilines is 2. The number of benzene rings is 3. The summed E-state index contributed by atoms with van der Waals surface area (Å²) in [4.78, 5) is 27.6. The molecule has 0 bridgehead atoms. The minimum atomic E-state index is -4.06. The van der Waals surface area contributed by atoms with Gasteiger partial charge in [-0.25, -0.2) is 12.8 Å². The number of H-pyrrole nitrogens is 1. The SMILES string of the molecule is COc1ccc(NC(=O)c2cc3ccccc3[nH]c2=O)cc1NS(=O)(=O)c1ccc(F)cc1. The maximum absolute atomic E-state index is 13.1. The first-order chi connectivity index (χ1) is 15.8. The first kappa shape index (κ1) is 22.0. The lowest BCUT2D eigenvalue weighted by molar-refractivity contribution is 0.102. The normalized spacial score (nSPS) is 11.2. The summed E-state index contributed by atoms with van der Waals surface area (Å²) in [5.74, 6) is -1.04. The molecule has 0 aliphatic carbocycles. The van der Waals surface area contributed by atoms with E-state index in [4.69, 9.17) is 4.74 Å². The predicted octanol–water partition coefficient (Wildman–Crippen LogP) is 3.73. The summed E-state index contributed by atoms with van der Waals surface area (Å²) < 4.78 is 46.1.